The van der Waals surface area contributed by atoms with E-state index in [4.69, 9.17) is 17.3 Å². The van der Waals surface area contributed by atoms with Gasteiger partial charge in [-0.05, 0) is 24.2 Å². The number of rotatable bonds is 9. The van der Waals surface area contributed by atoms with Crippen molar-refractivity contribution in [3.8, 4) is 34.5 Å². The number of phenols is 6. The molecule has 0 heterocycles. The maximum atomic E-state index is 12.6. The minimum absolute atomic E-state index is 0.194. The lowest BCUT2D eigenvalue weighted by Gasteiger charge is -2.29. The number of aromatic hydroxyl groups is 6. The minimum Gasteiger partial charge on any atom is -0.504 e. The van der Waals surface area contributed by atoms with E-state index in [1.165, 1.54) is 0 Å². The zero-order valence-electron chi connectivity index (χ0n) is 18.8. The largest absolute Gasteiger partial charge is 0.504 e. The van der Waals surface area contributed by atoms with Crippen LogP contribution in [0.2, 0.25) is 0 Å². The number of hydrogen-bond acceptors (Lipinski definition) is 14. The van der Waals surface area contributed by atoms with Gasteiger partial charge in [-0.2, -0.15) is 0 Å². The molecule has 34 heavy (non-hydrogen) atoms. The van der Waals surface area contributed by atoms with Crippen molar-refractivity contribution in [2.24, 2.45) is 0 Å². The summed E-state index contributed by atoms with van der Waals surface area (Å²) in [5, 5.41) is 86.5. The van der Waals surface area contributed by atoms with Crippen LogP contribution < -0.4 is 0 Å². The van der Waals surface area contributed by atoms with E-state index in [1.54, 1.807) is 0 Å². The van der Waals surface area contributed by atoms with E-state index in [0.717, 1.165) is 0 Å². The lowest BCUT2D eigenvalue weighted by atomic mass is 10.0. The molecular formula is C20H20O14. The molecular weight excluding hydrogens is 464 g/mol. The number of aliphatic hydroxyl groups is 3. The van der Waals surface area contributed by atoms with Gasteiger partial charge in [0, 0.05) is 0 Å². The zero-order chi connectivity index (χ0) is 27.5. The van der Waals surface area contributed by atoms with Crippen LogP contribution in [0.25, 0.3) is 0 Å². The summed E-state index contributed by atoms with van der Waals surface area (Å²) in [6.07, 6.45) is -9.21. The Morgan fingerprint density at radius 2 is 1.29 bits per heavy atom. The van der Waals surface area contributed by atoms with Crippen LogP contribution in [0.1, 0.15) is 23.5 Å². The molecule has 0 aromatic heterocycles. The molecule has 14 nitrogen and oxygen atoms in total. The molecule has 0 fully saturated rings. The molecule has 0 bridgehead atoms. The van der Waals surface area contributed by atoms with E-state index in [1.807, 2.05) is 0 Å². The van der Waals surface area contributed by atoms with Crippen LogP contribution in [-0.2, 0) is 14.3 Å². The van der Waals surface area contributed by atoms with Gasteiger partial charge < -0.3 is 55.4 Å². The van der Waals surface area contributed by atoms with Crippen molar-refractivity contribution in [3.63, 3.8) is 0 Å². The molecule has 0 aliphatic heterocycles. The maximum absolute atomic E-state index is 12.6. The standard InChI is InChI=1S/C20H20O14/c21-5-13(27)17(30)18(34-20(32)8-3-11(25)16(29)12(26)4-8)14(6-22)33-19(31)7-1-9(23)15(28)10(24)2-7/h1-4,6,13-14,17-18,21,23-30H,5H2/t13-,14+,17-,18-/m1/s1/i1D,3D. The van der Waals surface area contributed by atoms with Crippen LogP contribution in [0.15, 0.2) is 24.2 Å². The summed E-state index contributed by atoms with van der Waals surface area (Å²) in [6, 6.07) is -1.11. The molecule has 2 aromatic rings. The molecule has 0 radical (unpaired) electrons. The van der Waals surface area contributed by atoms with Gasteiger partial charge >= 0.3 is 11.9 Å². The second-order valence-electron chi connectivity index (χ2n) is 6.65. The summed E-state index contributed by atoms with van der Waals surface area (Å²) >= 11 is 0. The highest BCUT2D eigenvalue weighted by atomic mass is 16.6. The van der Waals surface area contributed by atoms with Crippen LogP contribution in [0.4, 0.5) is 0 Å². The highest BCUT2D eigenvalue weighted by Crippen LogP contribution is 2.37. The Morgan fingerprint density at radius 3 is 1.71 bits per heavy atom. The summed E-state index contributed by atoms with van der Waals surface area (Å²) < 4.78 is 25.0. The second-order valence-corrected chi connectivity index (χ2v) is 6.65. The Kier molecular flexibility index (Phi) is 7.12. The number of aldehydes is 1. The van der Waals surface area contributed by atoms with Gasteiger partial charge in [-0.15, -0.1) is 0 Å². The van der Waals surface area contributed by atoms with E-state index in [-0.39, 0.29) is 6.29 Å². The molecule has 184 valence electrons. The smallest absolute Gasteiger partial charge is 0.339 e. The topological polar surface area (TPSA) is 252 Å². The van der Waals surface area contributed by atoms with Crippen molar-refractivity contribution in [2.75, 3.05) is 6.61 Å². The van der Waals surface area contributed by atoms with Crippen LogP contribution in [0.3, 0.4) is 0 Å². The Bertz CT molecular complexity index is 1180. The van der Waals surface area contributed by atoms with Crippen LogP contribution >= 0.6 is 0 Å². The average molecular weight is 486 g/mol. The first-order valence-electron chi connectivity index (χ1n) is 10.1. The summed E-state index contributed by atoms with van der Waals surface area (Å²) in [6.45, 7) is -1.14. The lowest BCUT2D eigenvalue weighted by Crippen LogP contribution is -2.50. The van der Waals surface area contributed by atoms with Gasteiger partial charge in [-0.25, -0.2) is 9.59 Å². The first kappa shape index (κ1) is 22.9. The van der Waals surface area contributed by atoms with Crippen molar-refractivity contribution in [1.29, 1.82) is 0 Å². The van der Waals surface area contributed by atoms with E-state index in [2.05, 4.69) is 0 Å². The number of carbonyl (C=O) groups excluding carboxylic acids is 3. The summed E-state index contributed by atoms with van der Waals surface area (Å²) in [5.41, 5.74) is -1.80. The Hall–Kier alpha value is -4.27. The van der Waals surface area contributed by atoms with Gasteiger partial charge in [-0.3, -0.25) is 4.79 Å². The van der Waals surface area contributed by atoms with Gasteiger partial charge in [-0.1, -0.05) is 0 Å². The highest BCUT2D eigenvalue weighted by molar-refractivity contribution is 5.93. The van der Waals surface area contributed by atoms with Gasteiger partial charge in [0.1, 0.15) is 12.2 Å². The fourth-order valence-electron chi connectivity index (χ4n) is 2.52. The normalized spacial score (nSPS) is 15.3. The molecule has 2 aromatic carbocycles. The number of carbonyl (C=O) groups is 3. The predicted molar refractivity (Wildman–Crippen MR) is 106 cm³/mol. The van der Waals surface area contributed by atoms with Gasteiger partial charge in [0.25, 0.3) is 0 Å². The molecule has 9 N–H and O–H groups in total. The molecule has 14 heteroatoms. The van der Waals surface area contributed by atoms with Gasteiger partial charge in [0.05, 0.1) is 20.5 Å². The molecule has 4 atom stereocenters. The zero-order valence-corrected chi connectivity index (χ0v) is 16.8. The fourth-order valence-corrected chi connectivity index (χ4v) is 2.52. The van der Waals surface area contributed by atoms with Crippen LogP contribution in [0, 0.1) is 0 Å². The summed E-state index contributed by atoms with van der Waals surface area (Å²) in [7, 11) is 0. The van der Waals surface area contributed by atoms with E-state index in [0.29, 0.717) is 12.1 Å². The Balaban J connectivity index is 2.45. The molecule has 0 spiro atoms. The number of esters is 2. The Labute approximate surface area is 192 Å². The van der Waals surface area contributed by atoms with Gasteiger partial charge in [0.2, 0.25) is 0 Å². The fraction of sp³-hybridized carbons (Fsp3) is 0.250. The quantitative estimate of drug-likeness (QED) is 0.112. The Morgan fingerprint density at radius 1 is 0.853 bits per heavy atom. The highest BCUT2D eigenvalue weighted by Gasteiger charge is 2.39. The maximum Gasteiger partial charge on any atom is 0.339 e. The number of ether oxygens (including phenoxy) is 2. The van der Waals surface area contributed by atoms with Crippen LogP contribution in [0.5, 0.6) is 34.5 Å². The first-order chi connectivity index (χ1) is 16.8. The summed E-state index contributed by atoms with van der Waals surface area (Å²) in [5.74, 6) is -10.1. The SMILES string of the molecule is [2H]c1c(C(=O)O[C@@H]([C@H](O)[C@H](O)CO)[C@H](C=O)OC(=O)c2cc(O)c(O)c(O)c2[2H])cc(O)c(O)c1O. The van der Waals surface area contributed by atoms with Gasteiger partial charge in [0.15, 0.2) is 53.0 Å². The third kappa shape index (κ3) is 5.55. The molecule has 0 unspecified atom stereocenters. The van der Waals surface area contributed by atoms with Crippen LogP contribution in [-0.4, -0.2) is 95.2 Å². The molecule has 0 saturated heterocycles. The van der Waals surface area contributed by atoms with Crippen molar-refractivity contribution in [1.82, 2.24) is 0 Å². The second kappa shape index (κ2) is 10.6. The van der Waals surface area contributed by atoms with E-state index in [9.17, 15) is 55.2 Å². The average Bonchev–Trinajstić information content (AvgIpc) is 2.86. The number of aliphatic hydroxyl groups excluding tert-OH is 3. The van der Waals surface area contributed by atoms with Crippen molar-refractivity contribution in [2.45, 2.75) is 24.4 Å². The third-order valence-corrected chi connectivity index (χ3v) is 4.30. The number of hydrogen-bond donors (Lipinski definition) is 9. The molecule has 0 aliphatic carbocycles. The summed E-state index contributed by atoms with van der Waals surface area (Å²) in [4.78, 5) is 36.8. The molecule has 2 rings (SSSR count). The molecule has 0 amide bonds. The molecule has 0 aliphatic rings. The lowest BCUT2D eigenvalue weighted by molar-refractivity contribution is -0.139. The minimum atomic E-state index is -2.33. The van der Waals surface area contributed by atoms with Crippen molar-refractivity contribution >= 4 is 18.2 Å². The monoisotopic (exact) mass is 486 g/mol. The first-order valence-corrected chi connectivity index (χ1v) is 9.09. The van der Waals surface area contributed by atoms with Crippen molar-refractivity contribution < 1.29 is 72.6 Å². The van der Waals surface area contributed by atoms with E-state index >= 15 is 0 Å². The van der Waals surface area contributed by atoms with Crippen molar-refractivity contribution in [3.05, 3.63) is 35.3 Å². The number of benzene rings is 2. The third-order valence-electron chi connectivity index (χ3n) is 4.30. The molecule has 0 saturated carbocycles. The van der Waals surface area contributed by atoms with E-state index < -0.39 is 101 Å². The predicted octanol–water partition coefficient (Wildman–Crippen LogP) is -1.42. The number of phenolic OH excluding ortho intramolecular Hbond substituents is 6.